The second-order valence-corrected chi connectivity index (χ2v) is 8.46. The van der Waals surface area contributed by atoms with E-state index in [0.29, 0.717) is 40.6 Å². The predicted molar refractivity (Wildman–Crippen MR) is 129 cm³/mol. The van der Waals surface area contributed by atoms with Gasteiger partial charge in [0.2, 0.25) is 0 Å². The van der Waals surface area contributed by atoms with Crippen LogP contribution in [0.5, 0.6) is 0 Å². The van der Waals surface area contributed by atoms with E-state index >= 15 is 0 Å². The molecule has 0 aliphatic carbocycles. The maximum Gasteiger partial charge on any atom is 0.282 e. The molecule has 3 aromatic carbocycles. The van der Waals surface area contributed by atoms with Crippen LogP contribution in [0.25, 0.3) is 5.57 Å². The number of nitrogens with zero attached hydrogens (tertiary/aromatic N) is 2. The summed E-state index contributed by atoms with van der Waals surface area (Å²) in [6.07, 6.45) is 0. The molecule has 1 heterocycles. The first-order chi connectivity index (χ1) is 15.4. The monoisotopic (exact) mass is 444 g/mol. The van der Waals surface area contributed by atoms with Gasteiger partial charge in [-0.1, -0.05) is 60.1 Å². The van der Waals surface area contributed by atoms with Crippen molar-refractivity contribution in [2.45, 2.75) is 27.3 Å². The molecule has 162 valence electrons. The summed E-state index contributed by atoms with van der Waals surface area (Å²) in [5, 5.41) is 0.579. The van der Waals surface area contributed by atoms with Crippen molar-refractivity contribution < 1.29 is 9.59 Å². The van der Waals surface area contributed by atoms with Crippen LogP contribution in [0, 0.1) is 13.8 Å². The second-order valence-electron chi connectivity index (χ2n) is 8.02. The molecule has 0 radical (unpaired) electrons. The van der Waals surface area contributed by atoms with Crippen LogP contribution in [0.15, 0.2) is 78.5 Å². The highest BCUT2D eigenvalue weighted by Gasteiger charge is 2.42. The fraction of sp³-hybridized carbons (Fsp3) is 0.185. The number of anilines is 1. The highest BCUT2D eigenvalue weighted by Crippen LogP contribution is 2.36. The molecule has 1 aliphatic heterocycles. The van der Waals surface area contributed by atoms with Gasteiger partial charge in [0.15, 0.2) is 0 Å². The number of hydrogen-bond acceptors (Lipinski definition) is 3. The lowest BCUT2D eigenvalue weighted by Gasteiger charge is -2.25. The van der Waals surface area contributed by atoms with Crippen LogP contribution in [0.3, 0.4) is 0 Å². The molecule has 5 heteroatoms. The zero-order valence-electron chi connectivity index (χ0n) is 18.4. The number of carbonyl (C=O) groups is 2. The van der Waals surface area contributed by atoms with Crippen molar-refractivity contribution in [2.24, 2.45) is 0 Å². The normalized spacial score (nSPS) is 13.8. The first kappa shape index (κ1) is 21.8. The Balaban J connectivity index is 1.85. The first-order valence-corrected chi connectivity index (χ1v) is 11.0. The minimum Gasteiger partial charge on any atom is -0.362 e. The predicted octanol–water partition coefficient (Wildman–Crippen LogP) is 5.76. The van der Waals surface area contributed by atoms with Gasteiger partial charge in [-0.25, -0.2) is 4.90 Å². The van der Waals surface area contributed by atoms with Gasteiger partial charge in [0, 0.05) is 18.1 Å². The van der Waals surface area contributed by atoms with E-state index in [1.54, 1.807) is 24.3 Å². The van der Waals surface area contributed by atoms with E-state index in [0.717, 1.165) is 16.7 Å². The summed E-state index contributed by atoms with van der Waals surface area (Å²) < 4.78 is 0. The largest absolute Gasteiger partial charge is 0.362 e. The molecule has 3 aromatic rings. The molecule has 0 unspecified atom stereocenters. The van der Waals surface area contributed by atoms with Crippen molar-refractivity contribution in [3.05, 3.63) is 106 Å². The minimum absolute atomic E-state index is 0.303. The summed E-state index contributed by atoms with van der Waals surface area (Å²) in [6.45, 7) is 7.03. The summed E-state index contributed by atoms with van der Waals surface area (Å²) in [7, 11) is 0. The lowest BCUT2D eigenvalue weighted by Crippen LogP contribution is -2.35. The fourth-order valence-corrected chi connectivity index (χ4v) is 4.28. The number of aryl methyl sites for hydroxylation is 2. The molecule has 32 heavy (non-hydrogen) atoms. The van der Waals surface area contributed by atoms with Crippen LogP contribution in [-0.4, -0.2) is 23.3 Å². The van der Waals surface area contributed by atoms with E-state index in [4.69, 9.17) is 11.6 Å². The van der Waals surface area contributed by atoms with Gasteiger partial charge in [-0.2, -0.15) is 0 Å². The van der Waals surface area contributed by atoms with Crippen LogP contribution < -0.4 is 4.90 Å². The Kier molecular flexibility index (Phi) is 6.15. The standard InChI is InChI=1S/C27H25ClN2O2/c1-4-29(17-20-8-6-5-7-9-20)25-24(21-10-12-22(28)13-11-21)26(31)30(27(25)32)23-15-18(2)14-19(3)16-23/h5-16H,4,17H2,1-3H3. The molecule has 0 aromatic heterocycles. The van der Waals surface area contributed by atoms with Crippen molar-refractivity contribution in [3.8, 4) is 0 Å². The summed E-state index contributed by atoms with van der Waals surface area (Å²) in [6, 6.07) is 22.8. The fourth-order valence-electron chi connectivity index (χ4n) is 4.16. The lowest BCUT2D eigenvalue weighted by atomic mass is 10.0. The van der Waals surface area contributed by atoms with Crippen molar-refractivity contribution in [1.29, 1.82) is 0 Å². The Morgan fingerprint density at radius 3 is 2.06 bits per heavy atom. The molecule has 4 nitrogen and oxygen atoms in total. The molecular weight excluding hydrogens is 420 g/mol. The van der Waals surface area contributed by atoms with E-state index < -0.39 is 0 Å². The third-order valence-electron chi connectivity index (χ3n) is 5.57. The number of halogens is 1. The molecule has 4 rings (SSSR count). The van der Waals surface area contributed by atoms with Crippen LogP contribution in [0.2, 0.25) is 5.02 Å². The number of amides is 2. The Labute approximate surface area is 193 Å². The molecule has 0 atom stereocenters. The molecule has 0 saturated carbocycles. The van der Waals surface area contributed by atoms with E-state index in [2.05, 4.69) is 0 Å². The zero-order valence-corrected chi connectivity index (χ0v) is 19.2. The van der Waals surface area contributed by atoms with Gasteiger partial charge in [0.05, 0.1) is 11.3 Å². The Bertz CT molecular complexity index is 1180. The van der Waals surface area contributed by atoms with E-state index in [9.17, 15) is 9.59 Å². The SMILES string of the molecule is CCN(Cc1ccccc1)C1=C(c2ccc(Cl)cc2)C(=O)N(c2cc(C)cc(C)c2)C1=O. The van der Waals surface area contributed by atoms with Gasteiger partial charge in [-0.05, 0) is 67.3 Å². The van der Waals surface area contributed by atoms with Crippen molar-refractivity contribution >= 4 is 34.7 Å². The van der Waals surface area contributed by atoms with E-state index in [1.165, 1.54) is 4.90 Å². The summed E-state index contributed by atoms with van der Waals surface area (Å²) >= 11 is 6.09. The number of benzene rings is 3. The number of hydrogen-bond donors (Lipinski definition) is 0. The topological polar surface area (TPSA) is 40.6 Å². The van der Waals surface area contributed by atoms with Crippen LogP contribution in [0.4, 0.5) is 5.69 Å². The van der Waals surface area contributed by atoms with E-state index in [-0.39, 0.29) is 11.8 Å². The number of likely N-dealkylation sites (N-methyl/N-ethyl adjacent to an activating group) is 1. The lowest BCUT2D eigenvalue weighted by molar-refractivity contribution is -0.120. The van der Waals surface area contributed by atoms with Gasteiger partial charge in [0.25, 0.3) is 11.8 Å². The van der Waals surface area contributed by atoms with Crippen LogP contribution in [-0.2, 0) is 16.1 Å². The van der Waals surface area contributed by atoms with Gasteiger partial charge in [-0.3, -0.25) is 9.59 Å². The summed E-state index contributed by atoms with van der Waals surface area (Å²) in [5.74, 6) is -0.619. The number of carbonyl (C=O) groups excluding carboxylic acids is 2. The average Bonchev–Trinajstić information content (AvgIpc) is 3.02. The van der Waals surface area contributed by atoms with Gasteiger partial charge >= 0.3 is 0 Å². The van der Waals surface area contributed by atoms with Crippen molar-refractivity contribution in [2.75, 3.05) is 11.4 Å². The minimum atomic E-state index is -0.316. The highest BCUT2D eigenvalue weighted by atomic mass is 35.5. The van der Waals surface area contributed by atoms with E-state index in [1.807, 2.05) is 74.2 Å². The van der Waals surface area contributed by atoms with Gasteiger partial charge < -0.3 is 4.90 Å². The first-order valence-electron chi connectivity index (χ1n) is 10.6. The average molecular weight is 445 g/mol. The Morgan fingerprint density at radius 2 is 1.47 bits per heavy atom. The number of rotatable bonds is 6. The third kappa shape index (κ3) is 4.19. The smallest absolute Gasteiger partial charge is 0.282 e. The molecular formula is C27H25ClN2O2. The maximum absolute atomic E-state index is 13.8. The summed E-state index contributed by atoms with van der Waals surface area (Å²) in [4.78, 5) is 30.7. The molecule has 0 N–H and O–H groups in total. The molecule has 1 aliphatic rings. The molecule has 0 fully saturated rings. The third-order valence-corrected chi connectivity index (χ3v) is 5.82. The quantitative estimate of drug-likeness (QED) is 0.453. The van der Waals surface area contributed by atoms with Crippen molar-refractivity contribution in [3.63, 3.8) is 0 Å². The van der Waals surface area contributed by atoms with Gasteiger partial charge in [-0.15, -0.1) is 0 Å². The Morgan fingerprint density at radius 1 is 0.844 bits per heavy atom. The molecule has 2 amide bonds. The number of imide groups is 1. The zero-order chi connectivity index (χ0) is 22.8. The molecule has 0 saturated heterocycles. The maximum atomic E-state index is 13.8. The van der Waals surface area contributed by atoms with Gasteiger partial charge in [0.1, 0.15) is 5.70 Å². The van der Waals surface area contributed by atoms with Crippen molar-refractivity contribution in [1.82, 2.24) is 4.90 Å². The second kappa shape index (κ2) is 9.01. The molecule has 0 bridgehead atoms. The summed E-state index contributed by atoms with van der Waals surface area (Å²) in [5.41, 5.74) is 5.17. The highest BCUT2D eigenvalue weighted by molar-refractivity contribution is 6.45. The molecule has 0 spiro atoms. The van der Waals surface area contributed by atoms with Crippen LogP contribution >= 0.6 is 11.6 Å². The Hall–Kier alpha value is -3.37. The van der Waals surface area contributed by atoms with Crippen LogP contribution in [0.1, 0.15) is 29.2 Å².